The number of carbonyl (C=O) groups excluding carboxylic acids is 1. The number of benzene rings is 1. The lowest BCUT2D eigenvalue weighted by Crippen LogP contribution is -2.31. The standard InChI is InChI=1S/C22H27N3O2/c1-25-14-16(8-10-21(25)27)17-11-15-7-9-20(26)24-22(15)18(12-17)13-23-19-5-3-2-4-6-19/h8,10-12,14,19,23H,2-7,9,13H2,1H3,(H,24,26). The van der Waals surface area contributed by atoms with Crippen molar-refractivity contribution in [2.45, 2.75) is 57.5 Å². The fraction of sp³-hybridized carbons (Fsp3) is 0.455. The quantitative estimate of drug-likeness (QED) is 0.873. The number of nitrogens with one attached hydrogen (secondary N) is 2. The van der Waals surface area contributed by atoms with Gasteiger partial charge in [-0.05, 0) is 59.7 Å². The first kappa shape index (κ1) is 18.0. The molecule has 5 nitrogen and oxygen atoms in total. The van der Waals surface area contributed by atoms with Crippen LogP contribution in [0.25, 0.3) is 11.1 Å². The van der Waals surface area contributed by atoms with E-state index in [-0.39, 0.29) is 11.5 Å². The molecule has 1 aliphatic heterocycles. The smallest absolute Gasteiger partial charge is 0.250 e. The second kappa shape index (κ2) is 7.69. The second-order valence-electron chi connectivity index (χ2n) is 7.80. The number of rotatable bonds is 4. The first-order valence-corrected chi connectivity index (χ1v) is 9.96. The maximum absolute atomic E-state index is 12.0. The summed E-state index contributed by atoms with van der Waals surface area (Å²) in [4.78, 5) is 23.7. The third-order valence-corrected chi connectivity index (χ3v) is 5.79. The zero-order chi connectivity index (χ0) is 18.8. The van der Waals surface area contributed by atoms with Crippen molar-refractivity contribution in [1.82, 2.24) is 9.88 Å². The molecule has 2 heterocycles. The molecule has 5 heteroatoms. The van der Waals surface area contributed by atoms with E-state index < -0.39 is 0 Å². The maximum Gasteiger partial charge on any atom is 0.250 e. The maximum atomic E-state index is 12.0. The van der Waals surface area contributed by atoms with Gasteiger partial charge < -0.3 is 15.2 Å². The van der Waals surface area contributed by atoms with Gasteiger partial charge in [0.25, 0.3) is 0 Å². The van der Waals surface area contributed by atoms with Crippen LogP contribution in [-0.2, 0) is 24.8 Å². The zero-order valence-corrected chi connectivity index (χ0v) is 15.9. The van der Waals surface area contributed by atoms with Crippen LogP contribution in [0.15, 0.2) is 35.3 Å². The van der Waals surface area contributed by atoms with Crippen LogP contribution in [0, 0.1) is 0 Å². The Bertz CT molecular complexity index is 910. The van der Waals surface area contributed by atoms with Gasteiger partial charge in [0.05, 0.1) is 0 Å². The molecule has 27 heavy (non-hydrogen) atoms. The summed E-state index contributed by atoms with van der Waals surface area (Å²) in [6.07, 6.45) is 9.56. The summed E-state index contributed by atoms with van der Waals surface area (Å²) in [7, 11) is 1.77. The second-order valence-corrected chi connectivity index (χ2v) is 7.80. The van der Waals surface area contributed by atoms with Crippen molar-refractivity contribution in [2.24, 2.45) is 7.05 Å². The monoisotopic (exact) mass is 365 g/mol. The number of aromatic nitrogens is 1. The van der Waals surface area contributed by atoms with Crippen LogP contribution < -0.4 is 16.2 Å². The summed E-state index contributed by atoms with van der Waals surface area (Å²) >= 11 is 0. The van der Waals surface area contributed by atoms with E-state index in [0.717, 1.165) is 35.3 Å². The highest BCUT2D eigenvalue weighted by atomic mass is 16.1. The first-order valence-electron chi connectivity index (χ1n) is 9.96. The fourth-order valence-electron chi connectivity index (χ4n) is 4.21. The molecule has 0 saturated heterocycles. The third kappa shape index (κ3) is 3.98. The number of fused-ring (bicyclic) bond motifs is 1. The molecule has 2 aromatic rings. The molecule has 0 radical (unpaired) electrons. The summed E-state index contributed by atoms with van der Waals surface area (Å²) in [6, 6.07) is 8.36. The first-order chi connectivity index (χ1) is 13.1. The van der Waals surface area contributed by atoms with Crippen LogP contribution in [0.1, 0.15) is 49.7 Å². The van der Waals surface area contributed by atoms with E-state index >= 15 is 0 Å². The Hall–Kier alpha value is -2.40. The van der Waals surface area contributed by atoms with Crippen LogP contribution in [0.3, 0.4) is 0 Å². The summed E-state index contributed by atoms with van der Waals surface area (Å²) in [5.41, 5.74) is 5.40. The number of nitrogens with zero attached hydrogens (tertiary/aromatic N) is 1. The van der Waals surface area contributed by atoms with E-state index in [1.165, 1.54) is 37.7 Å². The van der Waals surface area contributed by atoms with Crippen molar-refractivity contribution in [2.75, 3.05) is 5.32 Å². The van der Waals surface area contributed by atoms with Crippen molar-refractivity contribution in [3.63, 3.8) is 0 Å². The predicted molar refractivity (Wildman–Crippen MR) is 108 cm³/mol. The fourth-order valence-corrected chi connectivity index (χ4v) is 4.21. The third-order valence-electron chi connectivity index (χ3n) is 5.79. The Balaban J connectivity index is 1.67. The molecule has 0 bridgehead atoms. The van der Waals surface area contributed by atoms with Crippen LogP contribution >= 0.6 is 0 Å². The average Bonchev–Trinajstić information content (AvgIpc) is 2.69. The number of aryl methyl sites for hydroxylation is 2. The van der Waals surface area contributed by atoms with Gasteiger partial charge in [-0.3, -0.25) is 9.59 Å². The lowest BCUT2D eigenvalue weighted by Gasteiger charge is -2.26. The number of hydrogen-bond donors (Lipinski definition) is 2. The van der Waals surface area contributed by atoms with Gasteiger partial charge in [0.15, 0.2) is 0 Å². The van der Waals surface area contributed by atoms with E-state index in [1.54, 1.807) is 17.7 Å². The van der Waals surface area contributed by atoms with Gasteiger partial charge in [-0.2, -0.15) is 0 Å². The molecule has 0 unspecified atom stereocenters. The SMILES string of the molecule is Cn1cc(-c2cc3c(c(CNC4CCCCC4)c2)NC(=O)CC3)ccc1=O. The molecule has 2 aliphatic rings. The Kier molecular flexibility index (Phi) is 5.12. The highest BCUT2D eigenvalue weighted by molar-refractivity contribution is 5.95. The molecule has 1 aromatic carbocycles. The van der Waals surface area contributed by atoms with Crippen LogP contribution in [0.2, 0.25) is 0 Å². The van der Waals surface area contributed by atoms with Crippen molar-refractivity contribution < 1.29 is 4.79 Å². The molecule has 2 N–H and O–H groups in total. The Labute approximate surface area is 159 Å². The van der Waals surface area contributed by atoms with E-state index in [1.807, 2.05) is 12.3 Å². The molecule has 1 saturated carbocycles. The highest BCUT2D eigenvalue weighted by Crippen LogP contribution is 2.32. The van der Waals surface area contributed by atoms with E-state index in [9.17, 15) is 9.59 Å². The van der Waals surface area contributed by atoms with Crippen LogP contribution in [0.4, 0.5) is 5.69 Å². The number of hydrogen-bond acceptors (Lipinski definition) is 3. The number of carbonyl (C=O) groups is 1. The zero-order valence-electron chi connectivity index (χ0n) is 15.9. The number of anilines is 1. The largest absolute Gasteiger partial charge is 0.326 e. The van der Waals surface area contributed by atoms with Gasteiger partial charge in [0, 0.05) is 44.0 Å². The molecular formula is C22H27N3O2. The average molecular weight is 365 g/mol. The topological polar surface area (TPSA) is 63.1 Å². The lowest BCUT2D eigenvalue weighted by atomic mass is 9.92. The summed E-state index contributed by atoms with van der Waals surface area (Å²) in [5.74, 6) is 0.0938. The van der Waals surface area contributed by atoms with Crippen molar-refractivity contribution in [3.05, 3.63) is 51.9 Å². The van der Waals surface area contributed by atoms with E-state index in [2.05, 4.69) is 22.8 Å². The predicted octanol–water partition coefficient (Wildman–Crippen LogP) is 3.36. The highest BCUT2D eigenvalue weighted by Gasteiger charge is 2.21. The summed E-state index contributed by atoms with van der Waals surface area (Å²) < 4.78 is 1.61. The molecule has 4 rings (SSSR count). The van der Waals surface area contributed by atoms with Gasteiger partial charge >= 0.3 is 0 Å². The molecule has 1 aromatic heterocycles. The van der Waals surface area contributed by atoms with E-state index in [0.29, 0.717) is 12.5 Å². The molecule has 142 valence electrons. The van der Waals surface area contributed by atoms with Gasteiger partial charge in [0.2, 0.25) is 11.5 Å². The molecule has 0 atom stereocenters. The van der Waals surface area contributed by atoms with Crippen molar-refractivity contribution >= 4 is 11.6 Å². The van der Waals surface area contributed by atoms with E-state index in [4.69, 9.17) is 0 Å². The normalized spacial score (nSPS) is 17.4. The molecular weight excluding hydrogens is 338 g/mol. The lowest BCUT2D eigenvalue weighted by molar-refractivity contribution is -0.116. The Morgan fingerprint density at radius 2 is 1.89 bits per heavy atom. The van der Waals surface area contributed by atoms with Gasteiger partial charge in [0.1, 0.15) is 0 Å². The molecule has 1 aliphatic carbocycles. The molecule has 0 spiro atoms. The minimum Gasteiger partial charge on any atom is -0.326 e. The number of pyridine rings is 1. The van der Waals surface area contributed by atoms with Crippen molar-refractivity contribution in [1.29, 1.82) is 0 Å². The molecule has 1 fully saturated rings. The Morgan fingerprint density at radius 3 is 2.67 bits per heavy atom. The van der Waals surface area contributed by atoms with Crippen molar-refractivity contribution in [3.8, 4) is 11.1 Å². The van der Waals surface area contributed by atoms with Gasteiger partial charge in [-0.25, -0.2) is 0 Å². The Morgan fingerprint density at radius 1 is 1.07 bits per heavy atom. The van der Waals surface area contributed by atoms with Crippen LogP contribution in [0.5, 0.6) is 0 Å². The molecule has 1 amide bonds. The summed E-state index contributed by atoms with van der Waals surface area (Å²) in [5, 5.41) is 6.78. The van der Waals surface area contributed by atoms with Gasteiger partial charge in [-0.1, -0.05) is 19.3 Å². The summed E-state index contributed by atoms with van der Waals surface area (Å²) in [6.45, 7) is 0.757. The number of amides is 1. The van der Waals surface area contributed by atoms with Crippen LogP contribution in [-0.4, -0.2) is 16.5 Å². The minimum atomic E-state index is -0.0110. The van der Waals surface area contributed by atoms with Gasteiger partial charge in [-0.15, -0.1) is 0 Å². The minimum absolute atomic E-state index is 0.0110.